The molecule has 2 aliphatic rings. The van der Waals surface area contributed by atoms with Gasteiger partial charge in [-0.25, -0.2) is 8.42 Å². The Balaban J connectivity index is 1.49. The van der Waals surface area contributed by atoms with E-state index in [0.29, 0.717) is 31.2 Å². The summed E-state index contributed by atoms with van der Waals surface area (Å²) in [4.78, 5) is 7.12. The van der Waals surface area contributed by atoms with Crippen LogP contribution >= 0.6 is 22.9 Å². The van der Waals surface area contributed by atoms with E-state index in [1.54, 1.807) is 46.2 Å². The average molecular weight is 411 g/mol. The molecule has 9 heteroatoms. The fourth-order valence-corrected chi connectivity index (χ4v) is 5.83. The van der Waals surface area contributed by atoms with Crippen molar-refractivity contribution in [2.24, 2.45) is 4.99 Å². The summed E-state index contributed by atoms with van der Waals surface area (Å²) in [5.74, 6) is 0. The van der Waals surface area contributed by atoms with E-state index in [4.69, 9.17) is 11.6 Å². The van der Waals surface area contributed by atoms with Gasteiger partial charge in [0.25, 0.3) is 0 Å². The molecule has 1 atom stereocenters. The number of nitrogens with one attached hydrogen (secondary N) is 1. The van der Waals surface area contributed by atoms with Crippen molar-refractivity contribution >= 4 is 44.3 Å². The lowest BCUT2D eigenvalue weighted by atomic mass is 10.1. The van der Waals surface area contributed by atoms with Gasteiger partial charge in [0.05, 0.1) is 11.2 Å². The van der Waals surface area contributed by atoms with Crippen molar-refractivity contribution in [2.45, 2.75) is 18.0 Å². The summed E-state index contributed by atoms with van der Waals surface area (Å²) < 4.78 is 27.2. The summed E-state index contributed by atoms with van der Waals surface area (Å²) in [6, 6.07) is 6.33. The summed E-state index contributed by atoms with van der Waals surface area (Å²) in [6.45, 7) is 4.27. The van der Waals surface area contributed by atoms with Crippen molar-refractivity contribution in [3.05, 3.63) is 45.8 Å². The van der Waals surface area contributed by atoms with Crippen LogP contribution in [0.4, 0.5) is 5.00 Å². The molecule has 1 aromatic heterocycles. The Labute approximate surface area is 162 Å². The van der Waals surface area contributed by atoms with Gasteiger partial charge in [0.15, 0.2) is 0 Å². The van der Waals surface area contributed by atoms with Crippen LogP contribution in [0.5, 0.6) is 0 Å². The molecule has 1 unspecified atom stereocenters. The van der Waals surface area contributed by atoms with Gasteiger partial charge in [-0.1, -0.05) is 11.6 Å². The van der Waals surface area contributed by atoms with E-state index in [1.165, 1.54) is 11.1 Å². The monoisotopic (exact) mass is 410 g/mol. The zero-order valence-corrected chi connectivity index (χ0v) is 16.6. The number of hydrogen-bond acceptors (Lipinski definition) is 6. The number of aryl methyl sites for hydroxylation is 1. The van der Waals surface area contributed by atoms with Crippen molar-refractivity contribution < 1.29 is 8.42 Å². The first-order valence-corrected chi connectivity index (χ1v) is 11.0. The lowest BCUT2D eigenvalue weighted by molar-refractivity contribution is 0.141. The molecule has 2 aliphatic heterocycles. The predicted molar refractivity (Wildman–Crippen MR) is 106 cm³/mol. The highest BCUT2D eigenvalue weighted by atomic mass is 35.5. The number of piperazine rings is 1. The summed E-state index contributed by atoms with van der Waals surface area (Å²) in [5, 5.41) is 6.97. The first-order chi connectivity index (χ1) is 12.5. The minimum absolute atomic E-state index is 0.0436. The van der Waals surface area contributed by atoms with Crippen LogP contribution in [0.2, 0.25) is 5.02 Å². The van der Waals surface area contributed by atoms with Crippen LogP contribution in [0.25, 0.3) is 0 Å². The smallest absolute Gasteiger partial charge is 0.243 e. The predicted octanol–water partition coefficient (Wildman–Crippen LogP) is 3.17. The third-order valence-corrected chi connectivity index (χ3v) is 7.97. The quantitative estimate of drug-likeness (QED) is 0.844. The van der Waals surface area contributed by atoms with Gasteiger partial charge in [0.2, 0.25) is 10.0 Å². The van der Waals surface area contributed by atoms with E-state index in [1.807, 2.05) is 0 Å². The van der Waals surface area contributed by atoms with Crippen LogP contribution < -0.4 is 5.32 Å². The Kier molecular flexibility index (Phi) is 4.79. The maximum absolute atomic E-state index is 12.8. The van der Waals surface area contributed by atoms with E-state index in [-0.39, 0.29) is 11.1 Å². The standard InChI is InChI=1S/C17H19ClN4O2S2/c1-12-10-25-17-15(12)16(19-11-20-17)21-6-8-22(9-7-21)26(23,24)14-4-2-13(18)3-5-14/h2-5,10-11,16H,6-9H2,1H3,(H,19,20). The van der Waals surface area contributed by atoms with Crippen LogP contribution in [0.15, 0.2) is 39.5 Å². The molecule has 6 nitrogen and oxygen atoms in total. The van der Waals surface area contributed by atoms with Crippen molar-refractivity contribution in [1.82, 2.24) is 9.21 Å². The molecule has 1 fully saturated rings. The number of nitrogens with zero attached hydrogens (tertiary/aromatic N) is 3. The van der Waals surface area contributed by atoms with Gasteiger partial charge in [-0.2, -0.15) is 4.31 Å². The first kappa shape index (κ1) is 17.9. The zero-order valence-electron chi connectivity index (χ0n) is 14.2. The Morgan fingerprint density at radius 3 is 2.58 bits per heavy atom. The van der Waals surface area contributed by atoms with E-state index < -0.39 is 10.0 Å². The van der Waals surface area contributed by atoms with Crippen molar-refractivity contribution in [1.29, 1.82) is 0 Å². The molecule has 1 aromatic carbocycles. The molecule has 1 saturated heterocycles. The number of fused-ring (bicyclic) bond motifs is 1. The minimum atomic E-state index is -3.49. The van der Waals surface area contributed by atoms with Gasteiger partial charge in [-0.15, -0.1) is 11.3 Å². The number of aliphatic imine (C=N–C) groups is 1. The van der Waals surface area contributed by atoms with Crippen LogP contribution in [0.1, 0.15) is 17.3 Å². The molecule has 0 aliphatic carbocycles. The van der Waals surface area contributed by atoms with Gasteiger partial charge >= 0.3 is 0 Å². The van der Waals surface area contributed by atoms with Gasteiger partial charge in [-0.05, 0) is 42.1 Å². The molecule has 0 spiro atoms. The molecule has 0 bridgehead atoms. The molecule has 1 N–H and O–H groups in total. The molecule has 2 aromatic rings. The van der Waals surface area contributed by atoms with Gasteiger partial charge in [0.1, 0.15) is 11.2 Å². The Hall–Kier alpha value is -1.45. The number of anilines is 1. The molecular formula is C17H19ClN4O2S2. The Bertz CT molecular complexity index is 932. The highest BCUT2D eigenvalue weighted by molar-refractivity contribution is 7.89. The maximum atomic E-state index is 12.8. The second-order valence-electron chi connectivity index (χ2n) is 6.35. The molecule has 3 heterocycles. The maximum Gasteiger partial charge on any atom is 0.243 e. The van der Waals surface area contributed by atoms with Crippen LogP contribution in [-0.2, 0) is 10.0 Å². The van der Waals surface area contributed by atoms with Crippen LogP contribution in [0, 0.1) is 6.92 Å². The second-order valence-corrected chi connectivity index (χ2v) is 9.61. The molecule has 138 valence electrons. The minimum Gasteiger partial charge on any atom is -0.338 e. The molecule has 0 amide bonds. The molecule has 0 radical (unpaired) electrons. The Morgan fingerprint density at radius 2 is 1.88 bits per heavy atom. The highest BCUT2D eigenvalue weighted by Crippen LogP contribution is 2.38. The molecule has 0 saturated carbocycles. The highest BCUT2D eigenvalue weighted by Gasteiger charge is 2.33. The van der Waals surface area contributed by atoms with Gasteiger partial charge in [0, 0.05) is 36.8 Å². The van der Waals surface area contributed by atoms with Gasteiger partial charge < -0.3 is 5.32 Å². The van der Waals surface area contributed by atoms with E-state index in [2.05, 4.69) is 27.5 Å². The van der Waals surface area contributed by atoms with E-state index in [9.17, 15) is 8.42 Å². The second kappa shape index (κ2) is 6.94. The molecular weight excluding hydrogens is 392 g/mol. The van der Waals surface area contributed by atoms with Crippen LogP contribution in [-0.4, -0.2) is 50.1 Å². The fourth-order valence-electron chi connectivity index (χ4n) is 3.35. The van der Waals surface area contributed by atoms with Crippen molar-refractivity contribution in [2.75, 3.05) is 31.5 Å². The third kappa shape index (κ3) is 3.16. The third-order valence-electron chi connectivity index (χ3n) is 4.76. The average Bonchev–Trinajstić information content (AvgIpc) is 3.04. The number of sulfonamides is 1. The molecule has 4 rings (SSSR count). The van der Waals surface area contributed by atoms with Crippen molar-refractivity contribution in [3.63, 3.8) is 0 Å². The Morgan fingerprint density at radius 1 is 1.19 bits per heavy atom. The zero-order chi connectivity index (χ0) is 18.3. The number of halogens is 1. The van der Waals surface area contributed by atoms with E-state index in [0.717, 1.165) is 5.00 Å². The van der Waals surface area contributed by atoms with E-state index >= 15 is 0 Å². The summed E-state index contributed by atoms with van der Waals surface area (Å²) in [5.41, 5.74) is 2.42. The first-order valence-electron chi connectivity index (χ1n) is 8.33. The molecule has 26 heavy (non-hydrogen) atoms. The SMILES string of the molecule is Cc1csc2c1C(N1CCN(S(=O)(=O)c3ccc(Cl)cc3)CC1)N=CN2. The number of rotatable bonds is 3. The van der Waals surface area contributed by atoms with Crippen LogP contribution in [0.3, 0.4) is 0 Å². The number of benzene rings is 1. The fraction of sp³-hybridized carbons (Fsp3) is 0.353. The number of hydrogen-bond donors (Lipinski definition) is 1. The summed E-state index contributed by atoms with van der Waals surface area (Å²) in [7, 11) is -3.49. The lowest BCUT2D eigenvalue weighted by Gasteiger charge is -2.38. The largest absolute Gasteiger partial charge is 0.338 e. The number of thiophene rings is 1. The van der Waals surface area contributed by atoms with Crippen molar-refractivity contribution in [3.8, 4) is 0 Å². The summed E-state index contributed by atoms with van der Waals surface area (Å²) >= 11 is 7.54. The summed E-state index contributed by atoms with van der Waals surface area (Å²) in [6.07, 6.45) is 1.69. The topological polar surface area (TPSA) is 65.0 Å². The lowest BCUT2D eigenvalue weighted by Crippen LogP contribution is -2.49. The van der Waals surface area contributed by atoms with Gasteiger partial charge in [-0.3, -0.25) is 9.89 Å². The normalized spacial score (nSPS) is 21.4.